The second kappa shape index (κ2) is 4.50. The summed E-state index contributed by atoms with van der Waals surface area (Å²) in [5, 5.41) is 0. The number of ketones is 1. The molecule has 8 heavy (non-hydrogen) atoms. The van der Waals surface area contributed by atoms with Gasteiger partial charge in [-0.3, -0.25) is 9.18 Å². The topological polar surface area (TPSA) is 17.1 Å². The quantitative estimate of drug-likeness (QED) is 0.510. The van der Waals surface area contributed by atoms with E-state index in [4.69, 9.17) is 0 Å². The Labute approximate surface area is 48.2 Å². The second-order valence-corrected chi connectivity index (χ2v) is 1.49. The predicted octanol–water partition coefficient (Wildman–Crippen LogP) is 1.49. The van der Waals surface area contributed by atoms with Crippen LogP contribution in [0.15, 0.2) is 12.2 Å². The molecule has 0 amide bonds. The summed E-state index contributed by atoms with van der Waals surface area (Å²) < 4.78 is 11.3. The molecule has 0 heterocycles. The summed E-state index contributed by atoms with van der Waals surface area (Å²) in [7, 11) is 0. The summed E-state index contributed by atoms with van der Waals surface area (Å²) in [6.07, 6.45) is 3.25. The molecule has 0 radical (unpaired) electrons. The molecule has 1 nitrogen and oxygen atoms in total. The lowest BCUT2D eigenvalue weighted by molar-refractivity contribution is -0.112. The molecule has 0 rings (SSSR count). The number of alkyl halides is 1. The molecule has 0 aliphatic heterocycles. The van der Waals surface area contributed by atoms with Crippen molar-refractivity contribution in [2.24, 2.45) is 0 Å². The van der Waals surface area contributed by atoms with E-state index in [1.54, 1.807) is 0 Å². The van der Waals surface area contributed by atoms with Crippen molar-refractivity contribution in [3.8, 4) is 0 Å². The number of halogens is 1. The lowest BCUT2D eigenvalue weighted by atomic mass is 10.3. The fraction of sp³-hybridized carbons (Fsp3) is 0.500. The van der Waals surface area contributed by atoms with Crippen LogP contribution in [-0.2, 0) is 4.79 Å². The van der Waals surface area contributed by atoms with E-state index >= 15 is 0 Å². The Kier molecular flexibility index (Phi) is 4.13. The van der Waals surface area contributed by atoms with E-state index in [9.17, 15) is 9.18 Å². The van der Waals surface area contributed by atoms with E-state index in [1.807, 2.05) is 0 Å². The molecule has 0 fully saturated rings. The van der Waals surface area contributed by atoms with Gasteiger partial charge in [-0.15, -0.1) is 0 Å². The predicted molar refractivity (Wildman–Crippen MR) is 30.4 cm³/mol. The third kappa shape index (κ3) is 5.34. The summed E-state index contributed by atoms with van der Waals surface area (Å²) in [6, 6.07) is 0. The van der Waals surface area contributed by atoms with Gasteiger partial charge < -0.3 is 0 Å². The van der Waals surface area contributed by atoms with Crippen molar-refractivity contribution in [3.05, 3.63) is 12.2 Å². The number of rotatable bonds is 3. The standard InChI is InChI=1S/C6H9FO/c1-6(8)4-2-3-5-7/h2,4H,3,5H2,1H3/b4-2+. The summed E-state index contributed by atoms with van der Waals surface area (Å²) in [5.41, 5.74) is 0. The minimum atomic E-state index is -0.385. The molecule has 0 atom stereocenters. The van der Waals surface area contributed by atoms with E-state index in [1.165, 1.54) is 19.1 Å². The average Bonchev–Trinajstić information content (AvgIpc) is 1.66. The molecule has 0 aliphatic rings. The molecule has 0 saturated carbocycles. The Morgan fingerprint density at radius 2 is 2.38 bits per heavy atom. The molecule has 0 spiro atoms. The minimum absolute atomic E-state index is 0.0292. The third-order valence-electron chi connectivity index (χ3n) is 0.628. The van der Waals surface area contributed by atoms with Gasteiger partial charge in [0.1, 0.15) is 0 Å². The second-order valence-electron chi connectivity index (χ2n) is 1.49. The van der Waals surface area contributed by atoms with Gasteiger partial charge in [0, 0.05) is 0 Å². The first kappa shape index (κ1) is 7.34. The van der Waals surface area contributed by atoms with Gasteiger partial charge in [-0.1, -0.05) is 6.08 Å². The SMILES string of the molecule is CC(=O)/C=C/CCF. The van der Waals surface area contributed by atoms with E-state index < -0.39 is 0 Å². The van der Waals surface area contributed by atoms with Crippen LogP contribution in [0.2, 0.25) is 0 Å². The Morgan fingerprint density at radius 3 is 2.75 bits per heavy atom. The molecule has 2 heteroatoms. The van der Waals surface area contributed by atoms with Crippen LogP contribution in [0.25, 0.3) is 0 Å². The van der Waals surface area contributed by atoms with Gasteiger partial charge >= 0.3 is 0 Å². The molecule has 0 bridgehead atoms. The Balaban J connectivity index is 3.20. The van der Waals surface area contributed by atoms with Crippen LogP contribution in [0.4, 0.5) is 4.39 Å². The zero-order chi connectivity index (χ0) is 6.41. The van der Waals surface area contributed by atoms with Crippen LogP contribution in [0, 0.1) is 0 Å². The van der Waals surface area contributed by atoms with Crippen molar-refractivity contribution in [3.63, 3.8) is 0 Å². The van der Waals surface area contributed by atoms with Gasteiger partial charge in [0.2, 0.25) is 0 Å². The number of carbonyl (C=O) groups excluding carboxylic acids is 1. The van der Waals surface area contributed by atoms with E-state index in [2.05, 4.69) is 0 Å². The van der Waals surface area contributed by atoms with Crippen molar-refractivity contribution in [2.75, 3.05) is 6.67 Å². The van der Waals surface area contributed by atoms with Gasteiger partial charge in [0.05, 0.1) is 6.67 Å². The van der Waals surface area contributed by atoms with Crippen molar-refractivity contribution in [2.45, 2.75) is 13.3 Å². The van der Waals surface area contributed by atoms with E-state index in [0.29, 0.717) is 6.42 Å². The maximum absolute atomic E-state index is 11.3. The van der Waals surface area contributed by atoms with E-state index in [-0.39, 0.29) is 12.5 Å². The van der Waals surface area contributed by atoms with Crippen LogP contribution < -0.4 is 0 Å². The third-order valence-corrected chi connectivity index (χ3v) is 0.628. The molecule has 46 valence electrons. The lowest BCUT2D eigenvalue weighted by Crippen LogP contribution is -1.79. The highest BCUT2D eigenvalue weighted by Crippen LogP contribution is 1.83. The highest BCUT2D eigenvalue weighted by atomic mass is 19.1. The van der Waals surface area contributed by atoms with Crippen molar-refractivity contribution < 1.29 is 9.18 Å². The number of hydrogen-bond acceptors (Lipinski definition) is 1. The van der Waals surface area contributed by atoms with Gasteiger partial charge in [0.15, 0.2) is 5.78 Å². The van der Waals surface area contributed by atoms with Crippen LogP contribution in [-0.4, -0.2) is 12.5 Å². The number of hydrogen-bond donors (Lipinski definition) is 0. The highest BCUT2D eigenvalue weighted by molar-refractivity contribution is 5.87. The molecule has 0 saturated heterocycles. The molecular formula is C6H9FO. The Morgan fingerprint density at radius 1 is 1.75 bits per heavy atom. The zero-order valence-electron chi connectivity index (χ0n) is 4.86. The molecule has 0 aromatic heterocycles. The van der Waals surface area contributed by atoms with Crippen LogP contribution >= 0.6 is 0 Å². The Hall–Kier alpha value is -0.660. The molecule has 0 aliphatic carbocycles. The van der Waals surface area contributed by atoms with Crippen LogP contribution in [0.1, 0.15) is 13.3 Å². The lowest BCUT2D eigenvalue weighted by Gasteiger charge is -1.78. The smallest absolute Gasteiger partial charge is 0.152 e. The van der Waals surface area contributed by atoms with Crippen molar-refractivity contribution >= 4 is 5.78 Å². The number of allylic oxidation sites excluding steroid dienone is 2. The maximum atomic E-state index is 11.3. The zero-order valence-corrected chi connectivity index (χ0v) is 4.86. The van der Waals surface area contributed by atoms with Crippen molar-refractivity contribution in [1.29, 1.82) is 0 Å². The van der Waals surface area contributed by atoms with Crippen molar-refractivity contribution in [1.82, 2.24) is 0 Å². The summed E-state index contributed by atoms with van der Waals surface area (Å²) >= 11 is 0. The first-order valence-corrected chi connectivity index (χ1v) is 2.50. The first-order valence-electron chi connectivity index (χ1n) is 2.50. The molecule has 0 N–H and O–H groups in total. The largest absolute Gasteiger partial charge is 0.295 e. The van der Waals surface area contributed by atoms with Gasteiger partial charge in [-0.05, 0) is 19.4 Å². The highest BCUT2D eigenvalue weighted by Gasteiger charge is 1.79. The molecule has 0 aromatic carbocycles. The monoisotopic (exact) mass is 116 g/mol. The number of carbonyl (C=O) groups is 1. The minimum Gasteiger partial charge on any atom is -0.295 e. The Bertz CT molecular complexity index is 96.7. The fourth-order valence-corrected chi connectivity index (χ4v) is 0.312. The molecular weight excluding hydrogens is 107 g/mol. The molecule has 0 aromatic rings. The van der Waals surface area contributed by atoms with Crippen LogP contribution in [0.5, 0.6) is 0 Å². The molecule has 0 unspecified atom stereocenters. The van der Waals surface area contributed by atoms with Gasteiger partial charge in [-0.2, -0.15) is 0 Å². The van der Waals surface area contributed by atoms with Gasteiger partial charge in [-0.25, -0.2) is 0 Å². The van der Waals surface area contributed by atoms with E-state index in [0.717, 1.165) is 0 Å². The summed E-state index contributed by atoms with van der Waals surface area (Å²) in [5.74, 6) is -0.0292. The first-order chi connectivity index (χ1) is 3.77. The summed E-state index contributed by atoms with van der Waals surface area (Å²) in [6.45, 7) is 1.05. The fourth-order valence-electron chi connectivity index (χ4n) is 0.312. The maximum Gasteiger partial charge on any atom is 0.152 e. The normalized spacial score (nSPS) is 10.2. The summed E-state index contributed by atoms with van der Waals surface area (Å²) in [4.78, 5) is 10.1. The average molecular weight is 116 g/mol. The van der Waals surface area contributed by atoms with Gasteiger partial charge in [0.25, 0.3) is 0 Å². The van der Waals surface area contributed by atoms with Crippen LogP contribution in [0.3, 0.4) is 0 Å².